The molecule has 1 fully saturated rings. The van der Waals surface area contributed by atoms with Gasteiger partial charge in [-0.05, 0) is 44.0 Å². The van der Waals surface area contributed by atoms with Crippen molar-refractivity contribution in [3.63, 3.8) is 0 Å². The first-order valence-electron chi connectivity index (χ1n) is 9.97. The highest BCUT2D eigenvalue weighted by atomic mass is 16.5. The lowest BCUT2D eigenvalue weighted by molar-refractivity contribution is 0.0195. The number of nitrogens with two attached hydrogens (primary N) is 1. The molecular weight excluding hydrogens is 358 g/mol. The number of hydrogen-bond donors (Lipinski definition) is 1. The van der Waals surface area contributed by atoms with Gasteiger partial charge in [-0.2, -0.15) is 0 Å². The lowest BCUT2D eigenvalue weighted by Gasteiger charge is -2.26. The van der Waals surface area contributed by atoms with Gasteiger partial charge >= 0.3 is 5.97 Å². The molecule has 2 N–H and O–H groups in total. The summed E-state index contributed by atoms with van der Waals surface area (Å²) in [7, 11) is 0. The van der Waals surface area contributed by atoms with Gasteiger partial charge in [0, 0.05) is 37.8 Å². The largest absolute Gasteiger partial charge is 0.461 e. The maximum absolute atomic E-state index is 13.0. The second-order valence-corrected chi connectivity index (χ2v) is 6.99. The van der Waals surface area contributed by atoms with E-state index in [1.54, 1.807) is 6.20 Å². The van der Waals surface area contributed by atoms with Crippen LogP contribution >= 0.6 is 0 Å². The van der Waals surface area contributed by atoms with Crippen LogP contribution in [0.5, 0.6) is 0 Å². The molecule has 152 valence electrons. The van der Waals surface area contributed by atoms with Crippen molar-refractivity contribution in [2.75, 3.05) is 46.0 Å². The van der Waals surface area contributed by atoms with E-state index in [0.29, 0.717) is 38.2 Å². The first kappa shape index (κ1) is 20.5. The topological polar surface area (TPSA) is 86.8 Å². The van der Waals surface area contributed by atoms with E-state index < -0.39 is 5.97 Å². The van der Waals surface area contributed by atoms with Gasteiger partial charge in [-0.25, -0.2) is 4.79 Å². The van der Waals surface area contributed by atoms with Crippen LogP contribution < -0.4 is 11.2 Å². The van der Waals surface area contributed by atoms with Crippen LogP contribution in [0.15, 0.2) is 29.2 Å². The molecule has 28 heavy (non-hydrogen) atoms. The Morgan fingerprint density at radius 2 is 2.07 bits per heavy atom. The van der Waals surface area contributed by atoms with Crippen molar-refractivity contribution in [1.29, 1.82) is 0 Å². The van der Waals surface area contributed by atoms with E-state index >= 15 is 0 Å². The van der Waals surface area contributed by atoms with Crippen molar-refractivity contribution < 1.29 is 14.3 Å². The third-order valence-electron chi connectivity index (χ3n) is 5.12. The highest BCUT2D eigenvalue weighted by Crippen LogP contribution is 2.16. The van der Waals surface area contributed by atoms with E-state index in [2.05, 4.69) is 4.90 Å². The Balaban J connectivity index is 1.79. The number of nitrogens with zero attached hydrogens (tertiary/aromatic N) is 2. The molecule has 1 aliphatic heterocycles. The van der Waals surface area contributed by atoms with E-state index in [1.807, 2.05) is 29.7 Å². The van der Waals surface area contributed by atoms with Crippen LogP contribution in [0.1, 0.15) is 29.3 Å². The van der Waals surface area contributed by atoms with Gasteiger partial charge in [0.15, 0.2) is 0 Å². The van der Waals surface area contributed by atoms with Gasteiger partial charge in [0.25, 0.3) is 0 Å². The molecule has 0 amide bonds. The fourth-order valence-electron chi connectivity index (χ4n) is 3.48. The van der Waals surface area contributed by atoms with Crippen LogP contribution in [0.25, 0.3) is 10.9 Å². The van der Waals surface area contributed by atoms with Gasteiger partial charge in [-0.3, -0.25) is 9.69 Å². The molecule has 0 unspecified atom stereocenters. The maximum atomic E-state index is 13.0. The van der Waals surface area contributed by atoms with Crippen molar-refractivity contribution in [2.45, 2.75) is 26.3 Å². The van der Waals surface area contributed by atoms with Crippen LogP contribution in [0, 0.1) is 0 Å². The number of hydrogen-bond acceptors (Lipinski definition) is 6. The summed E-state index contributed by atoms with van der Waals surface area (Å²) in [6.45, 7) is 7.23. The Morgan fingerprint density at radius 1 is 1.29 bits per heavy atom. The molecule has 0 radical (unpaired) electrons. The number of ether oxygens (including phenoxy) is 2. The van der Waals surface area contributed by atoms with Gasteiger partial charge in [0.05, 0.1) is 18.7 Å². The average molecular weight is 387 g/mol. The van der Waals surface area contributed by atoms with Crippen LogP contribution in [-0.2, 0) is 22.4 Å². The zero-order valence-corrected chi connectivity index (χ0v) is 16.5. The smallest absolute Gasteiger partial charge is 0.343 e. The number of carbonyl (C=O) groups excluding carboxylic acids is 1. The lowest BCUT2D eigenvalue weighted by Crippen LogP contribution is -2.38. The Hall–Kier alpha value is -2.22. The second-order valence-electron chi connectivity index (χ2n) is 6.99. The molecule has 0 atom stereocenters. The summed E-state index contributed by atoms with van der Waals surface area (Å²) in [6.07, 6.45) is 3.28. The summed E-state index contributed by atoms with van der Waals surface area (Å²) >= 11 is 0. The van der Waals surface area contributed by atoms with Crippen LogP contribution in [0.2, 0.25) is 0 Å². The molecule has 1 aromatic carbocycles. The second kappa shape index (κ2) is 9.82. The highest BCUT2D eigenvalue weighted by molar-refractivity contribution is 5.94. The van der Waals surface area contributed by atoms with Gasteiger partial charge in [-0.15, -0.1) is 0 Å². The number of pyridine rings is 1. The quantitative estimate of drug-likeness (QED) is 0.689. The SMILES string of the molecule is CCn1cc(C(=O)OCCN2CCOCC2)c(=O)c2cc(CCCN)ccc21. The summed E-state index contributed by atoms with van der Waals surface area (Å²) in [4.78, 5) is 27.7. The van der Waals surface area contributed by atoms with E-state index in [1.165, 1.54) is 0 Å². The lowest BCUT2D eigenvalue weighted by atomic mass is 10.0. The van der Waals surface area contributed by atoms with Crippen molar-refractivity contribution in [3.05, 3.63) is 45.7 Å². The van der Waals surface area contributed by atoms with Crippen molar-refractivity contribution in [3.8, 4) is 0 Å². The molecule has 7 heteroatoms. The Bertz CT molecular complexity index is 872. The number of carbonyl (C=O) groups is 1. The van der Waals surface area contributed by atoms with Crippen LogP contribution in [-0.4, -0.2) is 61.4 Å². The fraction of sp³-hybridized carbons (Fsp3) is 0.524. The minimum absolute atomic E-state index is 0.0901. The summed E-state index contributed by atoms with van der Waals surface area (Å²) in [5, 5.41) is 0.555. The molecule has 1 saturated heterocycles. The molecule has 0 saturated carbocycles. The van der Waals surface area contributed by atoms with Crippen molar-refractivity contribution in [1.82, 2.24) is 9.47 Å². The molecule has 3 rings (SSSR count). The van der Waals surface area contributed by atoms with E-state index in [4.69, 9.17) is 15.2 Å². The van der Waals surface area contributed by atoms with Gasteiger partial charge < -0.3 is 19.8 Å². The minimum atomic E-state index is -0.560. The molecule has 1 aromatic heterocycles. The zero-order chi connectivity index (χ0) is 19.9. The molecular formula is C21H29N3O4. The molecule has 0 aliphatic carbocycles. The number of aryl methyl sites for hydroxylation is 2. The molecule has 7 nitrogen and oxygen atoms in total. The monoisotopic (exact) mass is 387 g/mol. The molecule has 1 aliphatic rings. The number of morpholine rings is 1. The number of aromatic nitrogens is 1. The first-order chi connectivity index (χ1) is 13.6. The first-order valence-corrected chi connectivity index (χ1v) is 9.97. The number of benzene rings is 1. The molecule has 0 spiro atoms. The summed E-state index contributed by atoms with van der Waals surface area (Å²) < 4.78 is 12.6. The summed E-state index contributed by atoms with van der Waals surface area (Å²) in [5.74, 6) is -0.560. The third-order valence-corrected chi connectivity index (χ3v) is 5.12. The van der Waals surface area contributed by atoms with E-state index in [-0.39, 0.29) is 17.6 Å². The zero-order valence-electron chi connectivity index (χ0n) is 16.5. The van der Waals surface area contributed by atoms with Crippen molar-refractivity contribution in [2.24, 2.45) is 5.73 Å². The number of rotatable bonds is 8. The molecule has 0 bridgehead atoms. The average Bonchev–Trinajstić information content (AvgIpc) is 2.73. The number of esters is 1. The number of fused-ring (bicyclic) bond motifs is 1. The normalized spacial score (nSPS) is 15.1. The predicted molar refractivity (Wildman–Crippen MR) is 109 cm³/mol. The van der Waals surface area contributed by atoms with Crippen LogP contribution in [0.4, 0.5) is 0 Å². The Labute approximate surface area is 165 Å². The molecule has 2 aromatic rings. The van der Waals surface area contributed by atoms with Crippen LogP contribution in [0.3, 0.4) is 0 Å². The predicted octanol–water partition coefficient (Wildman–Crippen LogP) is 1.40. The summed E-state index contributed by atoms with van der Waals surface area (Å²) in [5.41, 5.74) is 7.29. The molecule has 2 heterocycles. The Morgan fingerprint density at radius 3 is 2.79 bits per heavy atom. The Kier molecular flexibility index (Phi) is 7.19. The highest BCUT2D eigenvalue weighted by Gasteiger charge is 2.18. The standard InChI is InChI=1S/C21H29N3O4/c1-2-24-15-18(21(26)28-13-10-23-8-11-27-12-9-23)20(25)17-14-16(4-3-7-22)5-6-19(17)24/h5-6,14-15H,2-4,7-13,22H2,1H3. The van der Waals surface area contributed by atoms with E-state index in [0.717, 1.165) is 37.0 Å². The van der Waals surface area contributed by atoms with Gasteiger partial charge in [0.2, 0.25) is 5.43 Å². The van der Waals surface area contributed by atoms with Crippen molar-refractivity contribution >= 4 is 16.9 Å². The maximum Gasteiger partial charge on any atom is 0.343 e. The summed E-state index contributed by atoms with van der Waals surface area (Å²) in [6, 6.07) is 5.84. The minimum Gasteiger partial charge on any atom is -0.461 e. The van der Waals surface area contributed by atoms with E-state index in [9.17, 15) is 9.59 Å². The van der Waals surface area contributed by atoms with Gasteiger partial charge in [-0.1, -0.05) is 6.07 Å². The fourth-order valence-corrected chi connectivity index (χ4v) is 3.48. The third kappa shape index (κ3) is 4.79. The van der Waals surface area contributed by atoms with Gasteiger partial charge in [0.1, 0.15) is 12.2 Å².